The molecule has 22 nitrogen and oxygen atoms in total. The minimum atomic E-state index is -2.04. The van der Waals surface area contributed by atoms with Crippen LogP contribution in [0.4, 0.5) is 4.79 Å². The Morgan fingerprint density at radius 3 is 1.43 bits per heavy atom. The van der Waals surface area contributed by atoms with E-state index in [0.717, 1.165) is 32.9 Å². The number of hydrogen-bond acceptors (Lipinski definition) is 19. The molecule has 0 radical (unpaired) electrons. The zero-order valence-electron chi connectivity index (χ0n) is 48.1. The molecular weight excluding hydrogens is 1070 g/mol. The number of fused-ring (bicyclic) bond motifs is 10. The Morgan fingerprint density at radius 2 is 1.01 bits per heavy atom. The second-order valence-electron chi connectivity index (χ2n) is 23.7. The number of amides is 1. The third kappa shape index (κ3) is 11.7. The average Bonchev–Trinajstić information content (AvgIpc) is 2.62. The van der Waals surface area contributed by atoms with Crippen LogP contribution in [-0.2, 0) is 99.4 Å². The molecule has 4 atom stereocenters. The largest absolute Gasteiger partial charge is 0.460 e. The van der Waals surface area contributed by atoms with Crippen molar-refractivity contribution in [3.8, 4) is 22.8 Å². The van der Waals surface area contributed by atoms with Crippen molar-refractivity contribution < 1.29 is 66.7 Å². The molecule has 436 valence electrons. The van der Waals surface area contributed by atoms with E-state index < -0.39 is 100 Å². The number of alkyl carbamates (subject to hydrolysis) is 1. The molecule has 4 aliphatic rings. The molecule has 0 saturated heterocycles. The molecule has 4 aliphatic heterocycles. The number of hydrogen-bond donors (Lipinski definition) is 2. The number of benzene rings is 2. The van der Waals surface area contributed by atoms with Gasteiger partial charge in [0.25, 0.3) is 11.1 Å². The topological polar surface area (TPSA) is 292 Å². The molecule has 0 aliphatic carbocycles. The first-order chi connectivity index (χ1) is 38.9. The van der Waals surface area contributed by atoms with Gasteiger partial charge in [0.05, 0.1) is 70.9 Å². The lowest BCUT2D eigenvalue weighted by Gasteiger charge is -2.36. The zero-order chi connectivity index (χ0) is 60.3. The summed E-state index contributed by atoms with van der Waals surface area (Å²) in [6.45, 7) is 18.3. The Kier molecular flexibility index (Phi) is 15.5. The van der Waals surface area contributed by atoms with Gasteiger partial charge in [-0.3, -0.25) is 24.0 Å². The fraction of sp³-hybridized carbons (Fsp3) is 0.426. The minimum absolute atomic E-state index is 0.00930. The lowest BCUT2D eigenvalue weighted by Crippen LogP contribution is -2.52. The molecule has 2 unspecified atom stereocenters. The number of nitrogens with one attached hydrogen (secondary N) is 1. The van der Waals surface area contributed by atoms with Gasteiger partial charge in [0.15, 0.2) is 0 Å². The average molecular weight is 1140 g/mol. The molecule has 1 amide bonds. The number of esters is 6. The van der Waals surface area contributed by atoms with Crippen LogP contribution in [0.3, 0.4) is 0 Å². The lowest BCUT2D eigenvalue weighted by molar-refractivity contribution is -0.191. The molecular formula is C61H66N6O16. The van der Waals surface area contributed by atoms with Gasteiger partial charge in [-0.1, -0.05) is 50.2 Å². The fourth-order valence-electron chi connectivity index (χ4n) is 10.5. The Bertz CT molecular complexity index is 3800. The maximum Gasteiger partial charge on any atom is 0.408 e. The highest BCUT2D eigenvalue weighted by Crippen LogP contribution is 2.43. The highest BCUT2D eigenvalue weighted by atomic mass is 16.6. The second-order valence-corrected chi connectivity index (χ2v) is 23.7. The monoisotopic (exact) mass is 1140 g/mol. The number of rotatable bonds is 11. The van der Waals surface area contributed by atoms with Gasteiger partial charge in [0, 0.05) is 33.0 Å². The van der Waals surface area contributed by atoms with E-state index in [4.69, 9.17) is 48.9 Å². The van der Waals surface area contributed by atoms with Crippen molar-refractivity contribution in [1.29, 1.82) is 0 Å². The van der Waals surface area contributed by atoms with Crippen LogP contribution in [0.15, 0.2) is 82.4 Å². The van der Waals surface area contributed by atoms with E-state index in [2.05, 4.69) is 5.32 Å². The van der Waals surface area contributed by atoms with Crippen molar-refractivity contribution in [1.82, 2.24) is 24.4 Å². The summed E-state index contributed by atoms with van der Waals surface area (Å²) < 4.78 is 41.4. The van der Waals surface area contributed by atoms with Crippen molar-refractivity contribution in [3.63, 3.8) is 0 Å². The summed E-state index contributed by atoms with van der Waals surface area (Å²) in [4.78, 5) is 128. The van der Waals surface area contributed by atoms with Crippen LogP contribution < -0.4 is 22.2 Å². The molecule has 3 N–H and O–H groups in total. The fourth-order valence-corrected chi connectivity index (χ4v) is 10.5. The third-order valence-electron chi connectivity index (χ3n) is 14.2. The van der Waals surface area contributed by atoms with Gasteiger partial charge < -0.3 is 53.3 Å². The summed E-state index contributed by atoms with van der Waals surface area (Å²) in [6.07, 6.45) is -2.12. The quantitative estimate of drug-likeness (QED) is 0.0978. The van der Waals surface area contributed by atoms with Gasteiger partial charge in [0.2, 0.25) is 11.2 Å². The van der Waals surface area contributed by atoms with Gasteiger partial charge in [-0.2, -0.15) is 0 Å². The van der Waals surface area contributed by atoms with E-state index in [1.165, 1.54) is 0 Å². The number of ether oxygens (including phenoxy) is 7. The van der Waals surface area contributed by atoms with Crippen molar-refractivity contribution >= 4 is 63.7 Å². The van der Waals surface area contributed by atoms with Gasteiger partial charge in [-0.15, -0.1) is 0 Å². The van der Waals surface area contributed by atoms with Crippen molar-refractivity contribution in [3.05, 3.63) is 127 Å². The van der Waals surface area contributed by atoms with E-state index in [1.807, 2.05) is 60.7 Å². The summed E-state index contributed by atoms with van der Waals surface area (Å²) in [5, 5.41) is 4.25. The second kappa shape index (κ2) is 21.8. The smallest absolute Gasteiger partial charge is 0.408 e. The molecule has 6 aromatic rings. The summed E-state index contributed by atoms with van der Waals surface area (Å²) in [7, 11) is 0. The SMILES string of the molecule is CC[C@@]1(OC(=O)C(CC(=O)OC(C)(C)C)NC(=O)OC(C)(C)C)C(=O)OCc2c1cc1n(c2=O)Cc2cc3ccccc3nc2-1.CC[C@@]1(OC(=O)C(N)CC(=O)OC(C)(C)C)C(=O)OCc2c1cc1n(c2=O)Cc2cc3ccccc3nc2-1. The Hall–Kier alpha value is -8.79. The molecule has 0 saturated carbocycles. The minimum Gasteiger partial charge on any atom is -0.460 e. The molecule has 83 heavy (non-hydrogen) atoms. The molecule has 10 rings (SSSR count). The first-order valence-corrected chi connectivity index (χ1v) is 27.3. The molecule has 0 fully saturated rings. The van der Waals surface area contributed by atoms with Crippen molar-refractivity contribution in [2.45, 2.75) is 168 Å². The summed E-state index contributed by atoms with van der Waals surface area (Å²) in [5.41, 5.74) is 4.96. The first-order valence-electron chi connectivity index (χ1n) is 27.3. The van der Waals surface area contributed by atoms with E-state index in [9.17, 15) is 43.2 Å². The number of cyclic esters (lactones) is 2. The van der Waals surface area contributed by atoms with Crippen LogP contribution >= 0.6 is 0 Å². The Morgan fingerprint density at radius 1 is 0.602 bits per heavy atom. The first kappa shape index (κ1) is 58.9. The van der Waals surface area contributed by atoms with E-state index >= 15 is 0 Å². The van der Waals surface area contributed by atoms with Crippen LogP contribution in [0, 0.1) is 0 Å². The molecule has 4 aromatic heterocycles. The summed E-state index contributed by atoms with van der Waals surface area (Å²) in [6, 6.07) is 19.6. The number of para-hydroxylation sites is 2. The summed E-state index contributed by atoms with van der Waals surface area (Å²) in [5.74, 6) is -5.24. The van der Waals surface area contributed by atoms with Crippen LogP contribution in [0.5, 0.6) is 0 Å². The highest BCUT2D eigenvalue weighted by molar-refractivity contribution is 5.93. The highest BCUT2D eigenvalue weighted by Gasteiger charge is 2.53. The molecule has 0 bridgehead atoms. The Balaban J connectivity index is 0.000000202. The van der Waals surface area contributed by atoms with E-state index in [0.29, 0.717) is 29.3 Å². The maximum atomic E-state index is 13.8. The van der Waals surface area contributed by atoms with Gasteiger partial charge in [-0.05, 0) is 112 Å². The molecule has 8 heterocycles. The van der Waals surface area contributed by atoms with Crippen LogP contribution in [0.25, 0.3) is 44.6 Å². The predicted molar refractivity (Wildman–Crippen MR) is 299 cm³/mol. The van der Waals surface area contributed by atoms with Crippen LogP contribution in [0.1, 0.15) is 135 Å². The predicted octanol–water partition coefficient (Wildman–Crippen LogP) is 6.95. The van der Waals surface area contributed by atoms with Gasteiger partial charge in [0.1, 0.15) is 42.1 Å². The molecule has 2 aromatic carbocycles. The van der Waals surface area contributed by atoms with Crippen molar-refractivity contribution in [2.24, 2.45) is 5.73 Å². The molecule has 22 heteroatoms. The molecule has 0 spiro atoms. The standard InChI is InChI=1S/C33H37N3O9.C28H29N3O7/c1-8-33(44-28(39)23(15-25(37)43-31(2,3)4)35-30(41)45-32(5,6)7)21-14-24-26-19(13-18-11-9-10-12-22(18)34-26)16-36(24)27(38)20(21)17-42-29(33)40;1-5-28(38-25(34)19(29)12-22(32)37-27(2,3)4)18-11-21-23-16(10-15-8-6-7-9-20(15)30-23)13-31(21)24(33)17(18)14-36-26(28)35/h9-14,23H,8,15-17H2,1-7H3,(H,35,41);6-11,19H,5,12-14,29H2,1-4H3/t23?,33-;19?,28-/m00/s1. The zero-order valence-corrected chi connectivity index (χ0v) is 48.1. The number of nitrogens with two attached hydrogens (primary N) is 1. The van der Waals surface area contributed by atoms with E-state index in [1.54, 1.807) is 97.4 Å². The Labute approximate surface area is 476 Å². The van der Waals surface area contributed by atoms with E-state index in [-0.39, 0.29) is 60.4 Å². The van der Waals surface area contributed by atoms with Gasteiger partial charge >= 0.3 is 41.9 Å². The number of carbonyl (C=O) groups is 7. The maximum absolute atomic E-state index is 13.8. The number of pyridine rings is 4. The number of aromatic nitrogens is 4. The lowest BCUT2D eigenvalue weighted by atomic mass is 9.85. The van der Waals surface area contributed by atoms with Crippen LogP contribution in [0.2, 0.25) is 0 Å². The number of carbonyl (C=O) groups excluding carboxylic acids is 7. The normalized spacial score (nSPS) is 18.2. The van der Waals surface area contributed by atoms with Crippen LogP contribution in [-0.4, -0.2) is 89.9 Å². The number of nitrogens with zero attached hydrogens (tertiary/aromatic N) is 4. The van der Waals surface area contributed by atoms with Gasteiger partial charge in [-0.25, -0.2) is 29.1 Å². The summed E-state index contributed by atoms with van der Waals surface area (Å²) >= 11 is 0. The third-order valence-corrected chi connectivity index (χ3v) is 14.2. The van der Waals surface area contributed by atoms with Crippen molar-refractivity contribution in [2.75, 3.05) is 0 Å².